The zero-order chi connectivity index (χ0) is 14.7. The van der Waals surface area contributed by atoms with Crippen LogP contribution < -0.4 is 5.73 Å². The number of aryl methyl sites for hydroxylation is 1. The van der Waals surface area contributed by atoms with Crippen LogP contribution in [0.3, 0.4) is 0 Å². The van der Waals surface area contributed by atoms with E-state index >= 15 is 0 Å². The first kappa shape index (κ1) is 14.1. The van der Waals surface area contributed by atoms with Gasteiger partial charge < -0.3 is 10.5 Å². The Morgan fingerprint density at radius 3 is 2.50 bits per heavy atom. The Bertz CT molecular complexity index is 632. The second-order valence-electron chi connectivity index (χ2n) is 4.76. The van der Waals surface area contributed by atoms with Gasteiger partial charge in [0, 0.05) is 0 Å². The van der Waals surface area contributed by atoms with Crippen molar-refractivity contribution in [3.8, 4) is 0 Å². The summed E-state index contributed by atoms with van der Waals surface area (Å²) in [6.07, 6.45) is 0.265. The van der Waals surface area contributed by atoms with Gasteiger partial charge in [0.2, 0.25) is 0 Å². The summed E-state index contributed by atoms with van der Waals surface area (Å²) in [5.41, 5.74) is 10.4. The fraction of sp³-hybridized carbons (Fsp3) is 0.333. The fourth-order valence-electron chi connectivity index (χ4n) is 2.14. The molecule has 106 valence electrons. The van der Waals surface area contributed by atoms with E-state index in [9.17, 15) is 4.79 Å². The highest BCUT2D eigenvalue weighted by Gasteiger charge is 2.12. The van der Waals surface area contributed by atoms with E-state index in [1.807, 2.05) is 42.8 Å². The molecule has 0 aliphatic rings. The van der Waals surface area contributed by atoms with Gasteiger partial charge in [-0.3, -0.25) is 9.48 Å². The van der Waals surface area contributed by atoms with Crippen molar-refractivity contribution in [3.05, 3.63) is 46.8 Å². The topological polar surface area (TPSA) is 70.1 Å². The lowest BCUT2D eigenvalue weighted by Crippen LogP contribution is -2.10. The van der Waals surface area contributed by atoms with Gasteiger partial charge in [-0.25, -0.2) is 0 Å². The van der Waals surface area contributed by atoms with Gasteiger partial charge in [-0.1, -0.05) is 24.3 Å². The Hall–Kier alpha value is -2.30. The highest BCUT2D eigenvalue weighted by atomic mass is 16.5. The summed E-state index contributed by atoms with van der Waals surface area (Å²) < 4.78 is 6.59. The molecule has 0 spiro atoms. The molecule has 2 N–H and O–H groups in total. The number of anilines is 1. The van der Waals surface area contributed by atoms with Crippen LogP contribution in [0.4, 0.5) is 5.69 Å². The zero-order valence-electron chi connectivity index (χ0n) is 12.0. The maximum absolute atomic E-state index is 11.4. The molecule has 5 nitrogen and oxygen atoms in total. The number of hydrogen-bond donors (Lipinski definition) is 1. The van der Waals surface area contributed by atoms with E-state index in [2.05, 4.69) is 5.10 Å². The highest BCUT2D eigenvalue weighted by molar-refractivity contribution is 5.72. The minimum Gasteiger partial charge on any atom is -0.469 e. The van der Waals surface area contributed by atoms with Crippen molar-refractivity contribution in [1.29, 1.82) is 0 Å². The van der Waals surface area contributed by atoms with Gasteiger partial charge in [-0.05, 0) is 25.0 Å². The van der Waals surface area contributed by atoms with Gasteiger partial charge >= 0.3 is 5.97 Å². The van der Waals surface area contributed by atoms with E-state index in [4.69, 9.17) is 10.5 Å². The smallest absolute Gasteiger partial charge is 0.309 e. The molecule has 1 heterocycles. The first-order valence-corrected chi connectivity index (χ1v) is 6.46. The third kappa shape index (κ3) is 2.82. The first-order chi connectivity index (χ1) is 9.52. The average Bonchev–Trinajstić information content (AvgIpc) is 2.68. The van der Waals surface area contributed by atoms with E-state index < -0.39 is 0 Å². The van der Waals surface area contributed by atoms with Gasteiger partial charge in [-0.15, -0.1) is 0 Å². The van der Waals surface area contributed by atoms with Crippen LogP contribution in [0.5, 0.6) is 0 Å². The molecule has 0 saturated heterocycles. The highest BCUT2D eigenvalue weighted by Crippen LogP contribution is 2.18. The van der Waals surface area contributed by atoms with Crippen molar-refractivity contribution < 1.29 is 9.53 Å². The molecule has 0 unspecified atom stereocenters. The molecule has 0 bridgehead atoms. The van der Waals surface area contributed by atoms with Gasteiger partial charge in [0.1, 0.15) is 0 Å². The standard InChI is InChI=1S/C15H19N3O2/c1-10-15(16)11(2)18(17-10)9-13-7-5-4-6-12(13)8-14(19)20-3/h4-7H,8-9,16H2,1-3H3. The molecule has 0 radical (unpaired) electrons. The van der Waals surface area contributed by atoms with Gasteiger partial charge in [-0.2, -0.15) is 5.10 Å². The summed E-state index contributed by atoms with van der Waals surface area (Å²) in [6.45, 7) is 4.43. The lowest BCUT2D eigenvalue weighted by atomic mass is 10.0. The number of carbonyl (C=O) groups excluding carboxylic acids is 1. The van der Waals surface area contributed by atoms with Crippen LogP contribution >= 0.6 is 0 Å². The van der Waals surface area contributed by atoms with Crippen molar-refractivity contribution in [2.45, 2.75) is 26.8 Å². The fourth-order valence-corrected chi connectivity index (χ4v) is 2.14. The number of aromatic nitrogens is 2. The number of nitrogens with two attached hydrogens (primary N) is 1. The lowest BCUT2D eigenvalue weighted by molar-refractivity contribution is -0.139. The van der Waals surface area contributed by atoms with E-state index in [0.29, 0.717) is 6.54 Å². The van der Waals surface area contributed by atoms with Crippen LogP contribution in [0.15, 0.2) is 24.3 Å². The molecule has 5 heteroatoms. The van der Waals surface area contributed by atoms with Gasteiger partial charge in [0.15, 0.2) is 0 Å². The molecule has 0 atom stereocenters. The number of rotatable bonds is 4. The SMILES string of the molecule is COC(=O)Cc1ccccc1Cn1nc(C)c(N)c1C. The minimum absolute atomic E-state index is 0.245. The molecule has 0 amide bonds. The Balaban J connectivity index is 2.29. The molecule has 1 aromatic carbocycles. The lowest BCUT2D eigenvalue weighted by Gasteiger charge is -2.10. The average molecular weight is 273 g/mol. The molecule has 1 aromatic heterocycles. The van der Waals surface area contributed by atoms with Crippen molar-refractivity contribution in [3.63, 3.8) is 0 Å². The van der Waals surface area contributed by atoms with Crippen LogP contribution in [-0.4, -0.2) is 22.9 Å². The predicted molar refractivity (Wildman–Crippen MR) is 77.4 cm³/mol. The molecule has 0 saturated carbocycles. The summed E-state index contributed by atoms with van der Waals surface area (Å²) in [7, 11) is 1.40. The zero-order valence-corrected chi connectivity index (χ0v) is 12.0. The van der Waals surface area contributed by atoms with Crippen LogP contribution in [0, 0.1) is 13.8 Å². The van der Waals surface area contributed by atoms with E-state index in [-0.39, 0.29) is 12.4 Å². The Kier molecular flexibility index (Phi) is 4.08. The Labute approximate surface area is 118 Å². The number of methoxy groups -OCH3 is 1. The van der Waals surface area contributed by atoms with Crippen LogP contribution in [0.1, 0.15) is 22.5 Å². The number of nitrogens with zero attached hydrogens (tertiary/aromatic N) is 2. The summed E-state index contributed by atoms with van der Waals surface area (Å²) in [4.78, 5) is 11.4. The summed E-state index contributed by atoms with van der Waals surface area (Å²) in [6, 6.07) is 7.79. The Morgan fingerprint density at radius 1 is 1.30 bits per heavy atom. The maximum Gasteiger partial charge on any atom is 0.309 e. The maximum atomic E-state index is 11.4. The first-order valence-electron chi connectivity index (χ1n) is 6.46. The van der Waals surface area contributed by atoms with Crippen molar-refractivity contribution >= 4 is 11.7 Å². The molecular weight excluding hydrogens is 254 g/mol. The number of esters is 1. The van der Waals surface area contributed by atoms with E-state index in [0.717, 1.165) is 28.2 Å². The number of ether oxygens (including phenoxy) is 1. The number of benzene rings is 1. The second kappa shape index (κ2) is 5.77. The monoisotopic (exact) mass is 273 g/mol. The van der Waals surface area contributed by atoms with Crippen molar-refractivity contribution in [2.24, 2.45) is 0 Å². The predicted octanol–water partition coefficient (Wildman–Crippen LogP) is 1.85. The third-order valence-corrected chi connectivity index (χ3v) is 3.44. The van der Waals surface area contributed by atoms with Crippen LogP contribution in [-0.2, 0) is 22.5 Å². The number of hydrogen-bond acceptors (Lipinski definition) is 4. The third-order valence-electron chi connectivity index (χ3n) is 3.44. The summed E-state index contributed by atoms with van der Waals surface area (Å²) in [5.74, 6) is -0.245. The summed E-state index contributed by atoms with van der Waals surface area (Å²) >= 11 is 0. The van der Waals surface area contributed by atoms with Gasteiger partial charge in [0.05, 0.1) is 37.2 Å². The molecule has 20 heavy (non-hydrogen) atoms. The van der Waals surface area contributed by atoms with Gasteiger partial charge in [0.25, 0.3) is 0 Å². The molecule has 2 rings (SSSR count). The molecule has 0 aliphatic heterocycles. The molecule has 2 aromatic rings. The second-order valence-corrected chi connectivity index (χ2v) is 4.76. The van der Waals surface area contributed by atoms with Crippen LogP contribution in [0.25, 0.3) is 0 Å². The minimum atomic E-state index is -0.245. The molecule has 0 aliphatic carbocycles. The number of carbonyl (C=O) groups is 1. The van der Waals surface area contributed by atoms with Crippen LogP contribution in [0.2, 0.25) is 0 Å². The largest absolute Gasteiger partial charge is 0.469 e. The summed E-state index contributed by atoms with van der Waals surface area (Å²) in [5, 5.41) is 4.42. The molecule has 0 fully saturated rings. The number of nitrogen functional groups attached to an aromatic ring is 1. The van der Waals surface area contributed by atoms with Crippen molar-refractivity contribution in [1.82, 2.24) is 9.78 Å². The van der Waals surface area contributed by atoms with E-state index in [1.165, 1.54) is 7.11 Å². The normalized spacial score (nSPS) is 10.6. The quantitative estimate of drug-likeness (QED) is 0.863. The Morgan fingerprint density at radius 2 is 1.95 bits per heavy atom. The molecular formula is C15H19N3O2. The van der Waals surface area contributed by atoms with E-state index in [1.54, 1.807) is 0 Å². The van der Waals surface area contributed by atoms with Crippen molar-refractivity contribution in [2.75, 3.05) is 12.8 Å².